The van der Waals surface area contributed by atoms with Crippen molar-refractivity contribution >= 4 is 29.4 Å². The zero-order valence-electron chi connectivity index (χ0n) is 17.6. The molecule has 0 saturated carbocycles. The van der Waals surface area contributed by atoms with E-state index in [1.165, 1.54) is 11.9 Å². The molecule has 3 unspecified atom stereocenters. The van der Waals surface area contributed by atoms with E-state index in [4.69, 9.17) is 11.5 Å². The van der Waals surface area contributed by atoms with E-state index in [9.17, 15) is 19.5 Å². The SMILES string of the molecule is CSCCC(N)C(=O)c1ccccc1CC(C(=O)O)N(C)C(=O)C(N)CC(C)C. The Kier molecular flexibility index (Phi) is 10.4. The Balaban J connectivity index is 3.07. The largest absolute Gasteiger partial charge is 0.480 e. The molecule has 8 heteroatoms. The number of hydrogen-bond acceptors (Lipinski definition) is 6. The number of carbonyl (C=O) groups is 3. The standard InChI is InChI=1S/C21H33N3O4S/c1-13(2)11-17(23)20(26)24(3)18(21(27)28)12-14-7-5-6-8-15(14)19(25)16(22)9-10-29-4/h5-8,13,16-18H,9-12,22-23H2,1-4H3,(H,27,28). The first kappa shape index (κ1) is 25.1. The van der Waals surface area contributed by atoms with E-state index in [-0.39, 0.29) is 18.1 Å². The van der Waals surface area contributed by atoms with Gasteiger partial charge in [-0.05, 0) is 36.3 Å². The fourth-order valence-corrected chi connectivity index (χ4v) is 3.63. The normalized spacial score (nSPS) is 14.3. The third-order valence-corrected chi connectivity index (χ3v) is 5.45. The van der Waals surface area contributed by atoms with Crippen LogP contribution < -0.4 is 11.5 Å². The van der Waals surface area contributed by atoms with Gasteiger partial charge in [0.25, 0.3) is 0 Å². The van der Waals surface area contributed by atoms with Crippen LogP contribution in [0.5, 0.6) is 0 Å². The number of amides is 1. The van der Waals surface area contributed by atoms with E-state index in [1.807, 2.05) is 20.1 Å². The van der Waals surface area contributed by atoms with Crippen molar-refractivity contribution in [3.05, 3.63) is 35.4 Å². The number of carboxylic acids is 1. The summed E-state index contributed by atoms with van der Waals surface area (Å²) in [5, 5.41) is 9.73. The van der Waals surface area contributed by atoms with Gasteiger partial charge in [0.15, 0.2) is 5.78 Å². The van der Waals surface area contributed by atoms with E-state index in [2.05, 4.69) is 0 Å². The van der Waals surface area contributed by atoms with E-state index in [1.54, 1.807) is 36.0 Å². The summed E-state index contributed by atoms with van der Waals surface area (Å²) in [6, 6.07) is 4.28. The summed E-state index contributed by atoms with van der Waals surface area (Å²) >= 11 is 1.61. The molecule has 1 aromatic rings. The van der Waals surface area contributed by atoms with Crippen LogP contribution in [0.25, 0.3) is 0 Å². The Labute approximate surface area is 177 Å². The van der Waals surface area contributed by atoms with Gasteiger partial charge >= 0.3 is 5.97 Å². The molecule has 1 amide bonds. The van der Waals surface area contributed by atoms with Crippen molar-refractivity contribution in [3.63, 3.8) is 0 Å². The summed E-state index contributed by atoms with van der Waals surface area (Å²) in [6.07, 6.45) is 2.95. The minimum absolute atomic E-state index is 0.00311. The van der Waals surface area contributed by atoms with Crippen LogP contribution in [0, 0.1) is 5.92 Å². The molecule has 29 heavy (non-hydrogen) atoms. The molecular formula is C21H33N3O4S. The van der Waals surface area contributed by atoms with Gasteiger partial charge in [0, 0.05) is 19.0 Å². The third-order valence-electron chi connectivity index (χ3n) is 4.81. The van der Waals surface area contributed by atoms with Crippen molar-refractivity contribution in [1.29, 1.82) is 0 Å². The topological polar surface area (TPSA) is 127 Å². The third kappa shape index (κ3) is 7.45. The molecule has 162 valence electrons. The number of benzene rings is 1. The molecule has 0 fully saturated rings. The van der Waals surface area contributed by atoms with Gasteiger partial charge in [-0.15, -0.1) is 0 Å². The first-order valence-electron chi connectivity index (χ1n) is 9.71. The number of ketones is 1. The Morgan fingerprint density at radius 2 is 1.76 bits per heavy atom. The number of thioether (sulfide) groups is 1. The maximum absolute atomic E-state index is 12.8. The number of hydrogen-bond donors (Lipinski definition) is 3. The van der Waals surface area contributed by atoms with Crippen LogP contribution >= 0.6 is 11.8 Å². The second-order valence-corrected chi connectivity index (χ2v) is 8.64. The van der Waals surface area contributed by atoms with Gasteiger partial charge in [-0.2, -0.15) is 11.8 Å². The van der Waals surface area contributed by atoms with Crippen molar-refractivity contribution in [2.75, 3.05) is 19.1 Å². The fraction of sp³-hybridized carbons (Fsp3) is 0.571. The summed E-state index contributed by atoms with van der Waals surface area (Å²) in [5.41, 5.74) is 12.9. The smallest absolute Gasteiger partial charge is 0.326 e. The van der Waals surface area contributed by atoms with Crippen LogP contribution in [0.3, 0.4) is 0 Å². The first-order chi connectivity index (χ1) is 13.6. The van der Waals surface area contributed by atoms with Crippen molar-refractivity contribution in [2.24, 2.45) is 17.4 Å². The van der Waals surface area contributed by atoms with Crippen molar-refractivity contribution in [3.8, 4) is 0 Å². The van der Waals surface area contributed by atoms with Crippen LogP contribution in [0.1, 0.15) is 42.6 Å². The Bertz CT molecular complexity index is 711. The zero-order valence-corrected chi connectivity index (χ0v) is 18.4. The molecular weight excluding hydrogens is 390 g/mol. The van der Waals surface area contributed by atoms with Gasteiger partial charge in [0.05, 0.1) is 12.1 Å². The maximum Gasteiger partial charge on any atom is 0.326 e. The first-order valence-corrected chi connectivity index (χ1v) is 11.1. The van der Waals surface area contributed by atoms with E-state index in [0.717, 1.165) is 5.75 Å². The average molecular weight is 424 g/mol. The number of carboxylic acid groups (broad SMARTS) is 1. The Hall–Kier alpha value is -1.90. The lowest BCUT2D eigenvalue weighted by molar-refractivity contribution is -0.149. The van der Waals surface area contributed by atoms with Gasteiger partial charge in [0.1, 0.15) is 6.04 Å². The molecule has 0 radical (unpaired) electrons. The highest BCUT2D eigenvalue weighted by molar-refractivity contribution is 7.98. The van der Waals surface area contributed by atoms with Crippen molar-refractivity contribution in [1.82, 2.24) is 4.90 Å². The van der Waals surface area contributed by atoms with E-state index < -0.39 is 30.0 Å². The zero-order chi connectivity index (χ0) is 22.1. The second kappa shape index (κ2) is 11.9. The van der Waals surface area contributed by atoms with Gasteiger partial charge in [-0.1, -0.05) is 38.1 Å². The quantitative estimate of drug-likeness (QED) is 0.437. The average Bonchev–Trinajstić information content (AvgIpc) is 2.67. The molecule has 0 aliphatic carbocycles. The van der Waals surface area contributed by atoms with Crippen LogP contribution in [0.4, 0.5) is 0 Å². The Morgan fingerprint density at radius 3 is 2.31 bits per heavy atom. The highest BCUT2D eigenvalue weighted by atomic mass is 32.2. The molecule has 0 aliphatic heterocycles. The predicted octanol–water partition coefficient (Wildman–Crippen LogP) is 1.78. The number of Topliss-reactive ketones (excluding diaryl/α,β-unsaturated/α-hetero) is 1. The molecule has 1 aromatic carbocycles. The van der Waals surface area contributed by atoms with Crippen molar-refractivity contribution in [2.45, 2.75) is 51.2 Å². The molecule has 3 atom stereocenters. The number of nitrogens with two attached hydrogens (primary N) is 2. The second-order valence-electron chi connectivity index (χ2n) is 7.65. The molecule has 7 nitrogen and oxygen atoms in total. The maximum atomic E-state index is 12.8. The number of likely N-dealkylation sites (N-methyl/N-ethyl adjacent to an activating group) is 1. The number of carbonyl (C=O) groups excluding carboxylic acids is 2. The lowest BCUT2D eigenvalue weighted by Gasteiger charge is -2.28. The summed E-state index contributed by atoms with van der Waals surface area (Å²) in [4.78, 5) is 38.5. The lowest BCUT2D eigenvalue weighted by atomic mass is 9.93. The van der Waals surface area contributed by atoms with Crippen molar-refractivity contribution < 1.29 is 19.5 Å². The molecule has 0 spiro atoms. The van der Waals surface area contributed by atoms with Crippen LogP contribution in [-0.4, -0.2) is 64.8 Å². The monoisotopic (exact) mass is 423 g/mol. The lowest BCUT2D eigenvalue weighted by Crippen LogP contribution is -2.50. The summed E-state index contributed by atoms with van der Waals surface area (Å²) < 4.78 is 0. The number of nitrogens with zero attached hydrogens (tertiary/aromatic N) is 1. The number of aliphatic carboxylic acids is 1. The minimum atomic E-state index is -1.15. The van der Waals surface area contributed by atoms with Gasteiger partial charge < -0.3 is 21.5 Å². The minimum Gasteiger partial charge on any atom is -0.480 e. The van der Waals surface area contributed by atoms with Gasteiger partial charge in [-0.3, -0.25) is 9.59 Å². The molecule has 0 bridgehead atoms. The summed E-state index contributed by atoms with van der Waals surface area (Å²) in [6.45, 7) is 3.90. The molecule has 0 heterocycles. The molecule has 0 aliphatic rings. The molecule has 0 saturated heterocycles. The van der Waals surface area contributed by atoms with Crippen LogP contribution in [0.15, 0.2) is 24.3 Å². The van der Waals surface area contributed by atoms with Gasteiger partial charge in [0.2, 0.25) is 5.91 Å². The molecule has 5 N–H and O–H groups in total. The van der Waals surface area contributed by atoms with Gasteiger partial charge in [-0.25, -0.2) is 4.79 Å². The highest BCUT2D eigenvalue weighted by Gasteiger charge is 2.31. The molecule has 0 aromatic heterocycles. The van der Waals surface area contributed by atoms with E-state index >= 15 is 0 Å². The summed E-state index contributed by atoms with van der Waals surface area (Å²) in [5.74, 6) is -0.813. The Morgan fingerprint density at radius 1 is 1.14 bits per heavy atom. The highest BCUT2D eigenvalue weighted by Crippen LogP contribution is 2.18. The molecule has 1 rings (SSSR count). The fourth-order valence-electron chi connectivity index (χ4n) is 3.14. The van der Waals surface area contributed by atoms with E-state index in [0.29, 0.717) is 24.0 Å². The van der Waals surface area contributed by atoms with Crippen LogP contribution in [-0.2, 0) is 16.0 Å². The van der Waals surface area contributed by atoms with Crippen LogP contribution in [0.2, 0.25) is 0 Å². The predicted molar refractivity (Wildman–Crippen MR) is 117 cm³/mol. The summed E-state index contributed by atoms with van der Waals surface area (Å²) in [7, 11) is 1.44. The number of rotatable bonds is 12.